The van der Waals surface area contributed by atoms with Crippen molar-refractivity contribution in [1.29, 1.82) is 5.26 Å². The summed E-state index contributed by atoms with van der Waals surface area (Å²) in [5.41, 5.74) is 5.88. The fraction of sp³-hybridized carbons (Fsp3) is 0.250. The van der Waals surface area contributed by atoms with E-state index in [2.05, 4.69) is 43.0 Å². The highest BCUT2D eigenvalue weighted by atomic mass is 16.5. The van der Waals surface area contributed by atoms with E-state index >= 15 is 0 Å². The molecule has 8 rings (SSSR count). The lowest BCUT2D eigenvalue weighted by molar-refractivity contribution is -0.130. The molecule has 3 amide bonds. The van der Waals surface area contributed by atoms with Crippen LogP contribution in [0.1, 0.15) is 55.3 Å². The number of carbonyl (C=O) groups excluding carboxylic acids is 5. The number of aromatic nitrogens is 4. The van der Waals surface area contributed by atoms with E-state index in [0.29, 0.717) is 56.0 Å². The largest absolute Gasteiger partial charge is 0.465 e. The van der Waals surface area contributed by atoms with Crippen LogP contribution in [0.5, 0.6) is 0 Å². The van der Waals surface area contributed by atoms with Crippen LogP contribution in [0.25, 0.3) is 22.5 Å². The SMILES string of the molecule is CC1CN(C(=O)c2ccccc2)CCN1C(=O)C(=O)c1ccc(-c2ccn[nH]2)cc1.CC1CN(C(=O)c2ccccc2)CCN1CC#N.COC(=O)c1ccc(-c2ccn[nH]2)cc1. The molecule has 0 radical (unpaired) electrons. The molecule has 6 aromatic rings. The molecule has 15 heteroatoms. The average Bonchev–Trinajstić information content (AvgIpc) is 4.09. The summed E-state index contributed by atoms with van der Waals surface area (Å²) in [5, 5.41) is 22.2. The number of aromatic amines is 2. The Morgan fingerprint density at radius 1 is 0.619 bits per heavy atom. The van der Waals surface area contributed by atoms with Crippen molar-refractivity contribution in [2.75, 3.05) is 52.9 Å². The predicted octanol–water partition coefficient (Wildman–Crippen LogP) is 5.85. The Bertz CT molecular complexity index is 2470. The number of benzene rings is 4. The minimum absolute atomic E-state index is 0.0599. The van der Waals surface area contributed by atoms with Gasteiger partial charge in [0.15, 0.2) is 0 Å². The molecule has 2 aliphatic rings. The quantitative estimate of drug-likeness (QED) is 0.0814. The maximum Gasteiger partial charge on any atom is 0.337 e. The number of nitriles is 1. The molecule has 63 heavy (non-hydrogen) atoms. The van der Waals surface area contributed by atoms with E-state index < -0.39 is 11.7 Å². The summed E-state index contributed by atoms with van der Waals surface area (Å²) in [6, 6.07) is 38.3. The Balaban J connectivity index is 0.000000171. The normalized spacial score (nSPS) is 16.0. The molecule has 4 heterocycles. The van der Waals surface area contributed by atoms with Gasteiger partial charge in [-0.1, -0.05) is 72.8 Å². The van der Waals surface area contributed by atoms with Crippen LogP contribution in [0.3, 0.4) is 0 Å². The number of amides is 3. The van der Waals surface area contributed by atoms with Gasteiger partial charge in [-0.2, -0.15) is 15.5 Å². The van der Waals surface area contributed by atoms with E-state index in [9.17, 15) is 24.0 Å². The Morgan fingerprint density at radius 3 is 1.52 bits per heavy atom. The van der Waals surface area contributed by atoms with E-state index in [1.807, 2.05) is 84.6 Å². The third-order valence-electron chi connectivity index (χ3n) is 10.8. The summed E-state index contributed by atoms with van der Waals surface area (Å²) in [7, 11) is 1.37. The lowest BCUT2D eigenvalue weighted by atomic mass is 10.0. The molecule has 15 nitrogen and oxygen atoms in total. The maximum absolute atomic E-state index is 12.8. The number of rotatable bonds is 8. The summed E-state index contributed by atoms with van der Waals surface area (Å²) in [6.07, 6.45) is 3.34. The molecular weight excluding hydrogens is 799 g/mol. The van der Waals surface area contributed by atoms with Crippen molar-refractivity contribution in [3.63, 3.8) is 0 Å². The van der Waals surface area contributed by atoms with Crippen LogP contribution in [-0.2, 0) is 9.53 Å². The highest BCUT2D eigenvalue weighted by molar-refractivity contribution is 6.42. The fourth-order valence-electron chi connectivity index (χ4n) is 7.27. The van der Waals surface area contributed by atoms with Crippen LogP contribution in [-0.4, -0.2) is 134 Å². The number of hydrogen-bond acceptors (Lipinski definition) is 10. The average molecular weight is 848 g/mol. The molecular formula is C48H49N9O6. The van der Waals surface area contributed by atoms with Gasteiger partial charge in [-0.05, 0) is 73.5 Å². The number of Topliss-reactive ketones (excluding diaryl/α,β-unsaturated/α-hetero) is 1. The predicted molar refractivity (Wildman–Crippen MR) is 236 cm³/mol. The lowest BCUT2D eigenvalue weighted by Gasteiger charge is -2.39. The van der Waals surface area contributed by atoms with Crippen molar-refractivity contribution in [2.45, 2.75) is 25.9 Å². The molecule has 0 aliphatic carbocycles. The number of esters is 1. The molecule has 2 atom stereocenters. The second kappa shape index (κ2) is 21.7. The van der Waals surface area contributed by atoms with Gasteiger partial charge in [-0.3, -0.25) is 34.3 Å². The number of ketones is 1. The summed E-state index contributed by atoms with van der Waals surface area (Å²) in [5.74, 6) is -1.38. The van der Waals surface area contributed by atoms with E-state index in [1.165, 1.54) is 7.11 Å². The van der Waals surface area contributed by atoms with Crippen molar-refractivity contribution in [1.82, 2.24) is 40.0 Å². The zero-order valence-electron chi connectivity index (χ0n) is 35.4. The number of nitrogens with zero attached hydrogens (tertiary/aromatic N) is 7. The van der Waals surface area contributed by atoms with E-state index in [-0.39, 0.29) is 29.9 Å². The minimum Gasteiger partial charge on any atom is -0.465 e. The lowest BCUT2D eigenvalue weighted by Crippen LogP contribution is -2.56. The van der Waals surface area contributed by atoms with Gasteiger partial charge in [0.1, 0.15) is 0 Å². The van der Waals surface area contributed by atoms with Gasteiger partial charge in [0.05, 0.1) is 36.7 Å². The van der Waals surface area contributed by atoms with Gasteiger partial charge in [0.25, 0.3) is 17.7 Å². The summed E-state index contributed by atoms with van der Waals surface area (Å²) >= 11 is 0. The topological polar surface area (TPSA) is 189 Å². The molecule has 2 aliphatic heterocycles. The van der Waals surface area contributed by atoms with Gasteiger partial charge >= 0.3 is 5.97 Å². The van der Waals surface area contributed by atoms with Gasteiger partial charge in [0, 0.05) is 80.4 Å². The number of piperazine rings is 2. The van der Waals surface area contributed by atoms with Crippen LogP contribution in [0.2, 0.25) is 0 Å². The number of nitrogens with one attached hydrogen (secondary N) is 2. The zero-order valence-corrected chi connectivity index (χ0v) is 35.4. The molecule has 0 spiro atoms. The molecule has 0 saturated carbocycles. The maximum atomic E-state index is 12.8. The van der Waals surface area contributed by atoms with Crippen LogP contribution in [0.15, 0.2) is 134 Å². The van der Waals surface area contributed by atoms with Crippen molar-refractivity contribution >= 4 is 29.5 Å². The number of H-pyrrole nitrogens is 2. The third kappa shape index (κ3) is 11.6. The third-order valence-corrected chi connectivity index (χ3v) is 10.8. The fourth-order valence-corrected chi connectivity index (χ4v) is 7.27. The van der Waals surface area contributed by atoms with Gasteiger partial charge in [0.2, 0.25) is 5.78 Å². The van der Waals surface area contributed by atoms with E-state index in [4.69, 9.17) is 5.26 Å². The Kier molecular flexibility index (Phi) is 15.5. The molecule has 4 aromatic carbocycles. The van der Waals surface area contributed by atoms with Gasteiger partial charge < -0.3 is 19.4 Å². The number of methoxy groups -OCH3 is 1. The number of carbonyl (C=O) groups is 5. The highest BCUT2D eigenvalue weighted by Gasteiger charge is 2.33. The van der Waals surface area contributed by atoms with Crippen molar-refractivity contribution < 1.29 is 28.7 Å². The standard InChI is InChI=1S/C23H22N4O3.C14H17N3O.C11H10N2O2/c1-16-15-26(22(29)19-5-3-2-4-6-19)13-14-27(16)23(30)21(28)18-9-7-17(8-10-18)20-11-12-24-25-20;1-12-11-17(10-9-16(12)8-7-15)14(18)13-5-3-2-4-6-13;1-15-11(14)9-4-2-8(3-5-9)10-6-7-12-13-10/h2-12,16H,13-15H2,1H3,(H,24,25);2-6,12H,8-11H2,1H3;2-7H,1H3,(H,12,13). The van der Waals surface area contributed by atoms with Gasteiger partial charge in [-0.15, -0.1) is 0 Å². The summed E-state index contributed by atoms with van der Waals surface area (Å²) in [6.45, 7) is 7.63. The molecule has 2 N–H and O–H groups in total. The smallest absolute Gasteiger partial charge is 0.337 e. The number of ether oxygens (including phenoxy) is 1. The Labute approximate surface area is 365 Å². The molecule has 2 saturated heterocycles. The van der Waals surface area contributed by atoms with Gasteiger partial charge in [-0.25, -0.2) is 4.79 Å². The first-order valence-electron chi connectivity index (χ1n) is 20.5. The molecule has 2 unspecified atom stereocenters. The molecule has 2 aromatic heterocycles. The Morgan fingerprint density at radius 2 is 1.10 bits per heavy atom. The first-order valence-corrected chi connectivity index (χ1v) is 20.5. The summed E-state index contributed by atoms with van der Waals surface area (Å²) < 4.78 is 4.61. The second-order valence-electron chi connectivity index (χ2n) is 15.0. The zero-order chi connectivity index (χ0) is 44.7. The molecule has 322 valence electrons. The van der Waals surface area contributed by atoms with E-state index in [0.717, 1.165) is 34.6 Å². The van der Waals surface area contributed by atoms with Crippen molar-refractivity contribution in [3.8, 4) is 28.6 Å². The molecule has 2 fully saturated rings. The van der Waals surface area contributed by atoms with Crippen LogP contribution in [0.4, 0.5) is 0 Å². The van der Waals surface area contributed by atoms with Crippen molar-refractivity contribution in [3.05, 3.63) is 156 Å². The first kappa shape index (κ1) is 44.8. The van der Waals surface area contributed by atoms with Crippen LogP contribution >= 0.6 is 0 Å². The van der Waals surface area contributed by atoms with Crippen molar-refractivity contribution in [2.24, 2.45) is 0 Å². The second-order valence-corrected chi connectivity index (χ2v) is 15.0. The highest BCUT2D eigenvalue weighted by Crippen LogP contribution is 2.20. The Hall–Kier alpha value is -7.70. The monoisotopic (exact) mass is 847 g/mol. The van der Waals surface area contributed by atoms with E-state index in [1.54, 1.807) is 70.7 Å². The first-order chi connectivity index (χ1) is 30.6. The molecule has 0 bridgehead atoms. The van der Waals surface area contributed by atoms with Crippen LogP contribution in [0, 0.1) is 11.3 Å². The minimum atomic E-state index is -0.541. The van der Waals surface area contributed by atoms with Crippen LogP contribution < -0.4 is 0 Å². The number of hydrogen-bond donors (Lipinski definition) is 2. The summed E-state index contributed by atoms with van der Waals surface area (Å²) in [4.78, 5) is 68.9.